The summed E-state index contributed by atoms with van der Waals surface area (Å²) >= 11 is 7.58. The Kier molecular flexibility index (Phi) is 5.93. The summed E-state index contributed by atoms with van der Waals surface area (Å²) in [6.07, 6.45) is 3.83. The zero-order chi connectivity index (χ0) is 16.3. The Labute approximate surface area is 141 Å². The molecule has 0 fully saturated rings. The van der Waals surface area contributed by atoms with E-state index in [0.29, 0.717) is 29.9 Å². The van der Waals surface area contributed by atoms with E-state index < -0.39 is 7.14 Å². The zero-order valence-corrected chi connectivity index (χ0v) is 16.0. The molecule has 0 atom stereocenters. The summed E-state index contributed by atoms with van der Waals surface area (Å²) in [7, 11) is -2.40. The van der Waals surface area contributed by atoms with Gasteiger partial charge in [0.1, 0.15) is 17.8 Å². The first-order valence-corrected chi connectivity index (χ1v) is 11.1. The monoisotopic (exact) mass is 359 g/mol. The fourth-order valence-electron chi connectivity index (χ4n) is 2.51. The molecule has 0 saturated carbocycles. The van der Waals surface area contributed by atoms with E-state index in [2.05, 4.69) is 18.8 Å². The van der Waals surface area contributed by atoms with E-state index >= 15 is 0 Å². The van der Waals surface area contributed by atoms with Gasteiger partial charge in [-0.25, -0.2) is 4.98 Å². The molecule has 2 heterocycles. The molecule has 2 aromatic rings. The maximum atomic E-state index is 13.1. The van der Waals surface area contributed by atoms with E-state index in [1.54, 1.807) is 17.6 Å². The molecule has 6 heteroatoms. The van der Waals surface area contributed by atoms with Crippen molar-refractivity contribution >= 4 is 35.4 Å². The van der Waals surface area contributed by atoms with Gasteiger partial charge in [-0.15, -0.1) is 22.9 Å². The van der Waals surface area contributed by atoms with Crippen LogP contribution in [0.5, 0.6) is 0 Å². The summed E-state index contributed by atoms with van der Waals surface area (Å²) < 4.78 is 18.8. The van der Waals surface area contributed by atoms with Crippen LogP contribution >= 0.6 is 30.1 Å². The Balaban J connectivity index is 2.56. The van der Waals surface area contributed by atoms with E-state index in [1.807, 2.05) is 19.9 Å². The average Bonchev–Trinajstić information content (AvgIpc) is 3.12. The molecule has 122 valence electrons. The van der Waals surface area contributed by atoms with Crippen LogP contribution in [0.3, 0.4) is 0 Å². The molecule has 0 aliphatic rings. The van der Waals surface area contributed by atoms with Crippen molar-refractivity contribution in [1.29, 1.82) is 0 Å². The molecule has 0 spiro atoms. The third-order valence-corrected chi connectivity index (χ3v) is 8.53. The highest BCUT2D eigenvalue weighted by atomic mass is 35.5. The number of furan rings is 1. The van der Waals surface area contributed by atoms with Crippen molar-refractivity contribution in [3.8, 4) is 11.5 Å². The maximum absolute atomic E-state index is 13.1. The zero-order valence-electron chi connectivity index (χ0n) is 13.6. The van der Waals surface area contributed by atoms with E-state index in [9.17, 15) is 4.57 Å². The van der Waals surface area contributed by atoms with Gasteiger partial charge in [-0.05, 0) is 18.4 Å². The summed E-state index contributed by atoms with van der Waals surface area (Å²) in [5.74, 6) is 1.59. The average molecular weight is 360 g/mol. The van der Waals surface area contributed by atoms with Crippen LogP contribution in [0.25, 0.3) is 11.5 Å². The molecule has 0 aliphatic carbocycles. The third kappa shape index (κ3) is 3.50. The van der Waals surface area contributed by atoms with Crippen LogP contribution in [0.4, 0.5) is 0 Å². The molecule has 0 unspecified atom stereocenters. The number of alkyl halides is 1. The van der Waals surface area contributed by atoms with Gasteiger partial charge in [0.25, 0.3) is 0 Å². The Morgan fingerprint density at radius 1 is 1.36 bits per heavy atom. The van der Waals surface area contributed by atoms with Crippen LogP contribution < -0.4 is 5.30 Å². The summed E-state index contributed by atoms with van der Waals surface area (Å²) in [6.45, 7) is 8.30. The smallest absolute Gasteiger partial charge is 0.164 e. The quantitative estimate of drug-likeness (QED) is 0.493. The second kappa shape index (κ2) is 7.33. The fraction of sp³-hybridized carbons (Fsp3) is 0.562. The summed E-state index contributed by atoms with van der Waals surface area (Å²) in [4.78, 5) is 5.81. The first kappa shape index (κ1) is 17.8. The highest BCUT2D eigenvalue weighted by Crippen LogP contribution is 2.47. The topological polar surface area (TPSA) is 43.1 Å². The van der Waals surface area contributed by atoms with Crippen molar-refractivity contribution in [3.05, 3.63) is 22.2 Å². The molecule has 0 N–H and O–H groups in total. The number of aromatic nitrogens is 1. The summed E-state index contributed by atoms with van der Waals surface area (Å²) in [5, 5.41) is 1.71. The van der Waals surface area contributed by atoms with Crippen molar-refractivity contribution < 1.29 is 8.98 Å². The lowest BCUT2D eigenvalue weighted by Crippen LogP contribution is -2.10. The predicted octanol–water partition coefficient (Wildman–Crippen LogP) is 5.37. The molecule has 3 nitrogen and oxygen atoms in total. The van der Waals surface area contributed by atoms with Crippen molar-refractivity contribution in [2.45, 2.75) is 40.0 Å². The van der Waals surface area contributed by atoms with Crippen molar-refractivity contribution in [2.24, 2.45) is 5.92 Å². The molecule has 0 bridgehead atoms. The van der Waals surface area contributed by atoms with Crippen molar-refractivity contribution in [3.63, 3.8) is 0 Å². The largest absolute Gasteiger partial charge is 0.462 e. The lowest BCUT2D eigenvalue weighted by Gasteiger charge is -2.14. The molecule has 0 aromatic carbocycles. The lowest BCUT2D eigenvalue weighted by atomic mass is 10.1. The first-order chi connectivity index (χ1) is 10.4. The molecule has 0 saturated heterocycles. The Morgan fingerprint density at radius 3 is 2.59 bits per heavy atom. The van der Waals surface area contributed by atoms with Crippen LogP contribution in [0.15, 0.2) is 16.7 Å². The minimum atomic E-state index is -2.40. The second-order valence-corrected chi connectivity index (χ2v) is 10.7. The summed E-state index contributed by atoms with van der Waals surface area (Å²) in [6, 6.07) is 1.85. The van der Waals surface area contributed by atoms with Crippen molar-refractivity contribution in [1.82, 2.24) is 4.98 Å². The van der Waals surface area contributed by atoms with E-state index in [4.69, 9.17) is 16.0 Å². The third-order valence-electron chi connectivity index (χ3n) is 3.77. The molecular weight excluding hydrogens is 337 g/mol. The van der Waals surface area contributed by atoms with Crippen LogP contribution in [0.1, 0.15) is 37.6 Å². The van der Waals surface area contributed by atoms with Crippen LogP contribution in [0.2, 0.25) is 0 Å². The van der Waals surface area contributed by atoms with Crippen LogP contribution in [0, 0.1) is 5.92 Å². The molecule has 0 aliphatic heterocycles. The first-order valence-electron chi connectivity index (χ1n) is 7.66. The molecule has 2 rings (SSSR count). The van der Waals surface area contributed by atoms with Crippen LogP contribution in [-0.4, -0.2) is 17.3 Å². The second-order valence-electron chi connectivity index (χ2n) is 5.77. The number of halogens is 1. The minimum Gasteiger partial charge on any atom is -0.462 e. The lowest BCUT2D eigenvalue weighted by molar-refractivity contribution is 0.574. The highest BCUT2D eigenvalue weighted by Gasteiger charge is 2.29. The van der Waals surface area contributed by atoms with Gasteiger partial charge in [-0.3, -0.25) is 0 Å². The molecule has 2 aromatic heterocycles. The SMILES string of the molecule is CCP(=O)(CC)c1ccoc1-c1nc(CCl)sc1CC(C)C. The number of rotatable bonds is 7. The molecular formula is C16H23ClNO2PS. The van der Waals surface area contributed by atoms with Gasteiger partial charge in [0.15, 0.2) is 5.76 Å². The normalized spacial score (nSPS) is 12.3. The summed E-state index contributed by atoms with van der Waals surface area (Å²) in [5.41, 5.74) is 0.830. The van der Waals surface area contributed by atoms with E-state index in [1.165, 1.54) is 4.88 Å². The number of nitrogens with zero attached hydrogens (tertiary/aromatic N) is 1. The fourth-order valence-corrected chi connectivity index (χ4v) is 5.85. The Hall–Kier alpha value is -0.570. The number of hydrogen-bond acceptors (Lipinski definition) is 4. The highest BCUT2D eigenvalue weighted by molar-refractivity contribution is 7.71. The number of thiazole rings is 1. The van der Waals surface area contributed by atoms with Gasteiger partial charge in [-0.2, -0.15) is 0 Å². The van der Waals surface area contributed by atoms with E-state index in [0.717, 1.165) is 22.4 Å². The van der Waals surface area contributed by atoms with Gasteiger partial charge < -0.3 is 8.98 Å². The van der Waals surface area contributed by atoms with Gasteiger partial charge in [0.05, 0.1) is 17.4 Å². The van der Waals surface area contributed by atoms with Gasteiger partial charge in [0.2, 0.25) is 0 Å². The van der Waals surface area contributed by atoms with Gasteiger partial charge in [0, 0.05) is 17.2 Å². The minimum absolute atomic E-state index is 0.394. The number of hydrogen-bond donors (Lipinski definition) is 0. The van der Waals surface area contributed by atoms with E-state index in [-0.39, 0.29) is 0 Å². The van der Waals surface area contributed by atoms with Crippen molar-refractivity contribution in [2.75, 3.05) is 12.3 Å². The molecule has 0 amide bonds. The predicted molar refractivity (Wildman–Crippen MR) is 96.2 cm³/mol. The van der Waals surface area contributed by atoms with Gasteiger partial charge in [-0.1, -0.05) is 27.7 Å². The van der Waals surface area contributed by atoms with Crippen LogP contribution in [-0.2, 0) is 16.9 Å². The van der Waals surface area contributed by atoms with Gasteiger partial charge >= 0.3 is 0 Å². The molecule has 0 radical (unpaired) electrons. The molecule has 22 heavy (non-hydrogen) atoms. The Morgan fingerprint density at radius 2 is 2.05 bits per heavy atom. The standard InChI is InChI=1S/C16H23ClNO2PS/c1-5-21(19,6-2)12-7-8-20-16(12)15-13(9-11(3)4)22-14(10-17)18-15/h7-8,11H,5-6,9-10H2,1-4H3. The Bertz CT molecular complexity index is 669. The maximum Gasteiger partial charge on any atom is 0.164 e.